The van der Waals surface area contributed by atoms with Crippen molar-refractivity contribution in [3.63, 3.8) is 0 Å². The number of nitrogens with two attached hydrogens (primary N) is 1. The highest BCUT2D eigenvalue weighted by Gasteiger charge is 2.26. The smallest absolute Gasteiger partial charge is 0.251 e. The Bertz CT molecular complexity index is 610. The van der Waals surface area contributed by atoms with Crippen molar-refractivity contribution >= 4 is 17.5 Å². The Morgan fingerprint density at radius 3 is 2.65 bits per heavy atom. The first-order valence-corrected chi connectivity index (χ1v) is 8.50. The first kappa shape index (κ1) is 16.0. The summed E-state index contributed by atoms with van der Waals surface area (Å²) in [5, 5.41) is 5.91. The molecule has 2 saturated carbocycles. The molecule has 3 rings (SSSR count). The fourth-order valence-electron chi connectivity index (χ4n) is 3.15. The molecule has 2 fully saturated rings. The maximum atomic E-state index is 12.3. The maximum Gasteiger partial charge on any atom is 0.251 e. The van der Waals surface area contributed by atoms with Gasteiger partial charge in [0.25, 0.3) is 5.91 Å². The lowest BCUT2D eigenvalue weighted by Gasteiger charge is -2.16. The second-order valence-electron chi connectivity index (χ2n) is 6.88. The average molecular weight is 315 g/mol. The van der Waals surface area contributed by atoms with Crippen molar-refractivity contribution in [1.82, 2.24) is 5.32 Å². The molecule has 124 valence electrons. The van der Waals surface area contributed by atoms with E-state index in [1.54, 1.807) is 12.1 Å². The van der Waals surface area contributed by atoms with Gasteiger partial charge in [-0.05, 0) is 56.2 Å². The van der Waals surface area contributed by atoms with E-state index in [1.807, 2.05) is 13.0 Å². The predicted octanol–water partition coefficient (Wildman–Crippen LogP) is 2.34. The fraction of sp³-hybridized carbons (Fsp3) is 0.556. The molecule has 2 aliphatic carbocycles. The number of rotatable bonds is 5. The van der Waals surface area contributed by atoms with E-state index in [9.17, 15) is 9.59 Å². The SMILES string of the molecule is Cc1ccc(C(=O)NC2CC2)cc1NC(=O)C[C@@H]1CCC[C@H]1N. The Kier molecular flexibility index (Phi) is 4.66. The Morgan fingerprint density at radius 1 is 1.22 bits per heavy atom. The quantitative estimate of drug-likeness (QED) is 0.780. The number of hydrogen-bond acceptors (Lipinski definition) is 3. The topological polar surface area (TPSA) is 84.2 Å². The normalized spacial score (nSPS) is 23.6. The number of carbonyl (C=O) groups is 2. The minimum Gasteiger partial charge on any atom is -0.349 e. The zero-order valence-electron chi connectivity index (χ0n) is 13.6. The van der Waals surface area contributed by atoms with Gasteiger partial charge in [-0.1, -0.05) is 12.5 Å². The van der Waals surface area contributed by atoms with Gasteiger partial charge in [-0.15, -0.1) is 0 Å². The first-order chi connectivity index (χ1) is 11.0. The van der Waals surface area contributed by atoms with Crippen LogP contribution in [0.2, 0.25) is 0 Å². The fourth-order valence-corrected chi connectivity index (χ4v) is 3.15. The second kappa shape index (κ2) is 6.71. The van der Waals surface area contributed by atoms with Crippen molar-refractivity contribution in [3.8, 4) is 0 Å². The Balaban J connectivity index is 1.63. The van der Waals surface area contributed by atoms with E-state index in [0.29, 0.717) is 23.7 Å². The van der Waals surface area contributed by atoms with Gasteiger partial charge in [-0.3, -0.25) is 9.59 Å². The van der Waals surface area contributed by atoms with E-state index in [1.165, 1.54) is 0 Å². The molecule has 4 N–H and O–H groups in total. The highest BCUT2D eigenvalue weighted by atomic mass is 16.2. The van der Waals surface area contributed by atoms with Crippen LogP contribution in [0.15, 0.2) is 18.2 Å². The van der Waals surface area contributed by atoms with Crippen molar-refractivity contribution in [3.05, 3.63) is 29.3 Å². The minimum atomic E-state index is -0.0687. The maximum absolute atomic E-state index is 12.3. The van der Waals surface area contributed by atoms with Crippen molar-refractivity contribution < 1.29 is 9.59 Å². The van der Waals surface area contributed by atoms with E-state index < -0.39 is 0 Å². The zero-order valence-corrected chi connectivity index (χ0v) is 13.6. The summed E-state index contributed by atoms with van der Waals surface area (Å²) in [5.74, 6) is 0.188. The van der Waals surface area contributed by atoms with Gasteiger partial charge in [-0.25, -0.2) is 0 Å². The lowest BCUT2D eigenvalue weighted by atomic mass is 9.99. The Labute approximate surface area is 137 Å². The van der Waals surface area contributed by atoms with Gasteiger partial charge in [0, 0.05) is 29.8 Å². The standard InChI is InChI=1S/C18H25N3O2/c1-11-5-6-13(18(23)20-14-7-8-14)9-16(11)21-17(22)10-12-3-2-4-15(12)19/h5-6,9,12,14-15H,2-4,7-8,10,19H2,1H3,(H,20,23)(H,21,22)/t12-,15+/m0/s1. The van der Waals surface area contributed by atoms with Gasteiger partial charge in [0.2, 0.25) is 5.91 Å². The summed E-state index contributed by atoms with van der Waals surface area (Å²) < 4.78 is 0. The van der Waals surface area contributed by atoms with Gasteiger partial charge in [0.15, 0.2) is 0 Å². The summed E-state index contributed by atoms with van der Waals surface area (Å²) in [4.78, 5) is 24.4. The van der Waals surface area contributed by atoms with Crippen molar-refractivity contribution in [2.75, 3.05) is 5.32 Å². The third-order valence-corrected chi connectivity index (χ3v) is 4.85. The highest BCUT2D eigenvalue weighted by Crippen LogP contribution is 2.27. The number of aryl methyl sites for hydroxylation is 1. The molecule has 0 unspecified atom stereocenters. The van der Waals surface area contributed by atoms with Crippen molar-refractivity contribution in [1.29, 1.82) is 0 Å². The third kappa shape index (κ3) is 4.10. The van der Waals surface area contributed by atoms with Crippen LogP contribution in [0.5, 0.6) is 0 Å². The van der Waals surface area contributed by atoms with Gasteiger partial charge >= 0.3 is 0 Å². The molecule has 2 aliphatic rings. The Hall–Kier alpha value is -1.88. The van der Waals surface area contributed by atoms with E-state index in [-0.39, 0.29) is 23.8 Å². The molecule has 23 heavy (non-hydrogen) atoms. The molecular weight excluding hydrogens is 290 g/mol. The number of carbonyl (C=O) groups excluding carboxylic acids is 2. The largest absolute Gasteiger partial charge is 0.349 e. The summed E-state index contributed by atoms with van der Waals surface area (Å²) in [7, 11) is 0. The van der Waals surface area contributed by atoms with Crippen LogP contribution in [0.25, 0.3) is 0 Å². The zero-order chi connectivity index (χ0) is 16.4. The lowest BCUT2D eigenvalue weighted by Crippen LogP contribution is -2.28. The van der Waals surface area contributed by atoms with Crippen LogP contribution in [0.4, 0.5) is 5.69 Å². The van der Waals surface area contributed by atoms with E-state index in [0.717, 1.165) is 37.7 Å². The molecule has 5 nitrogen and oxygen atoms in total. The van der Waals surface area contributed by atoms with Crippen LogP contribution in [0, 0.1) is 12.8 Å². The molecule has 2 amide bonds. The average Bonchev–Trinajstić information content (AvgIpc) is 3.24. The molecule has 0 aromatic heterocycles. The monoisotopic (exact) mass is 315 g/mol. The third-order valence-electron chi connectivity index (χ3n) is 4.85. The molecule has 0 spiro atoms. The van der Waals surface area contributed by atoms with Crippen LogP contribution in [0.3, 0.4) is 0 Å². The van der Waals surface area contributed by atoms with Gasteiger partial charge in [0.05, 0.1) is 0 Å². The summed E-state index contributed by atoms with van der Waals surface area (Å²) in [5.41, 5.74) is 8.30. The summed E-state index contributed by atoms with van der Waals surface area (Å²) in [6, 6.07) is 5.90. The minimum absolute atomic E-state index is 0.0183. The molecule has 1 aromatic carbocycles. The molecule has 5 heteroatoms. The number of anilines is 1. The summed E-state index contributed by atoms with van der Waals surface area (Å²) in [6.07, 6.45) is 5.71. The first-order valence-electron chi connectivity index (χ1n) is 8.50. The molecule has 0 radical (unpaired) electrons. The lowest BCUT2D eigenvalue weighted by molar-refractivity contribution is -0.117. The van der Waals surface area contributed by atoms with Crippen LogP contribution < -0.4 is 16.4 Å². The van der Waals surface area contributed by atoms with Gasteiger partial charge < -0.3 is 16.4 Å². The predicted molar refractivity (Wildman–Crippen MR) is 90.2 cm³/mol. The number of amides is 2. The van der Waals surface area contributed by atoms with Crippen molar-refractivity contribution in [2.24, 2.45) is 11.7 Å². The van der Waals surface area contributed by atoms with E-state index >= 15 is 0 Å². The molecule has 1 aromatic rings. The summed E-state index contributed by atoms with van der Waals surface area (Å²) in [6.45, 7) is 1.93. The molecule has 2 atom stereocenters. The molecule has 0 bridgehead atoms. The van der Waals surface area contributed by atoms with Crippen LogP contribution >= 0.6 is 0 Å². The van der Waals surface area contributed by atoms with Crippen LogP contribution in [-0.4, -0.2) is 23.9 Å². The summed E-state index contributed by atoms with van der Waals surface area (Å²) >= 11 is 0. The van der Waals surface area contributed by atoms with Crippen molar-refractivity contribution in [2.45, 2.75) is 57.5 Å². The Morgan fingerprint density at radius 2 is 2.00 bits per heavy atom. The second-order valence-corrected chi connectivity index (χ2v) is 6.88. The molecule has 0 heterocycles. The molecular formula is C18H25N3O2. The number of nitrogens with one attached hydrogen (secondary N) is 2. The molecule has 0 saturated heterocycles. The molecule has 0 aliphatic heterocycles. The number of benzene rings is 1. The van der Waals surface area contributed by atoms with Gasteiger partial charge in [0.1, 0.15) is 0 Å². The number of hydrogen-bond donors (Lipinski definition) is 3. The highest BCUT2D eigenvalue weighted by molar-refractivity contribution is 5.98. The van der Waals surface area contributed by atoms with Gasteiger partial charge in [-0.2, -0.15) is 0 Å². The van der Waals surface area contributed by atoms with Crippen LogP contribution in [-0.2, 0) is 4.79 Å². The van der Waals surface area contributed by atoms with E-state index in [2.05, 4.69) is 10.6 Å². The van der Waals surface area contributed by atoms with Crippen LogP contribution in [0.1, 0.15) is 54.4 Å². The van der Waals surface area contributed by atoms with E-state index in [4.69, 9.17) is 5.73 Å².